The van der Waals surface area contributed by atoms with Gasteiger partial charge in [0.1, 0.15) is 13.2 Å². The summed E-state index contributed by atoms with van der Waals surface area (Å²) in [6.07, 6.45) is 13.2. The van der Waals surface area contributed by atoms with Gasteiger partial charge in [-0.1, -0.05) is 111 Å². The highest BCUT2D eigenvalue weighted by Crippen LogP contribution is 2.51. The lowest BCUT2D eigenvalue weighted by atomic mass is 9.79. The fraction of sp³-hybridized carbons (Fsp3) is 0.229. The van der Waals surface area contributed by atoms with Crippen LogP contribution in [0.15, 0.2) is 121 Å². The Morgan fingerprint density at radius 2 is 1.08 bits per heavy atom. The first kappa shape index (κ1) is 76.2. The van der Waals surface area contributed by atoms with Crippen molar-refractivity contribution in [2.75, 3.05) is 50.1 Å². The molecule has 0 saturated carbocycles. The number of esters is 2. The smallest absolute Gasteiger partial charge is 0.452 e. The Balaban J connectivity index is 1.07. The molecule has 6 rings (SSSR count). The van der Waals surface area contributed by atoms with Crippen LogP contribution in [0.3, 0.4) is 0 Å². The van der Waals surface area contributed by atoms with Crippen LogP contribution < -0.4 is 10.2 Å². The Hall–Kier alpha value is -12.8. The number of amides is 1. The van der Waals surface area contributed by atoms with Gasteiger partial charge in [-0.2, -0.15) is 13.0 Å². The molecule has 0 aromatic heterocycles. The number of hydrogen-bond donors (Lipinski definition) is 3. The third kappa shape index (κ3) is 25.1. The molecule has 490 valence electrons. The minimum Gasteiger partial charge on any atom is -0.452 e. The molecule has 2 aliphatic rings. The van der Waals surface area contributed by atoms with Crippen molar-refractivity contribution in [1.82, 2.24) is 5.32 Å². The summed E-state index contributed by atoms with van der Waals surface area (Å²) >= 11 is 0. The van der Waals surface area contributed by atoms with Gasteiger partial charge in [-0.25, -0.2) is 14.2 Å². The van der Waals surface area contributed by atoms with Gasteiger partial charge in [0.15, 0.2) is 11.8 Å². The lowest BCUT2D eigenvalue weighted by Gasteiger charge is -2.27. The van der Waals surface area contributed by atoms with Gasteiger partial charge in [0, 0.05) is 72.3 Å². The monoisotopic (exact) mass is 1350 g/mol. The highest BCUT2D eigenvalue weighted by atomic mass is 32.2. The zero-order valence-corrected chi connectivity index (χ0v) is 57.1. The molecule has 0 fully saturated rings. The second kappa shape index (κ2) is 39.9. The number of rotatable bonds is 22. The number of fused-ring (bicyclic) bond motifs is 6. The number of benzene rings is 4. The largest absolute Gasteiger partial charge is 0.472 e. The van der Waals surface area contributed by atoms with E-state index >= 15 is 0 Å². The van der Waals surface area contributed by atoms with Crippen molar-refractivity contribution in [3.05, 3.63) is 132 Å². The van der Waals surface area contributed by atoms with E-state index in [-0.39, 0.29) is 36.6 Å². The van der Waals surface area contributed by atoms with Gasteiger partial charge in [0.25, 0.3) is 10.1 Å². The number of carbonyl (C=O) groups is 3. The number of allylic oxidation sites excluding steroid dienone is 8. The topological polar surface area (TPSA) is 198 Å². The Morgan fingerprint density at radius 3 is 1.63 bits per heavy atom. The van der Waals surface area contributed by atoms with Crippen molar-refractivity contribution in [2.24, 2.45) is 0 Å². The van der Waals surface area contributed by atoms with Crippen molar-refractivity contribution >= 4 is 74.4 Å². The summed E-state index contributed by atoms with van der Waals surface area (Å²) in [6, 6.07) is 24.7. The molecule has 1 amide bonds. The van der Waals surface area contributed by atoms with Crippen LogP contribution >= 0.6 is 7.82 Å². The molecule has 2 aliphatic heterocycles. The van der Waals surface area contributed by atoms with Crippen LogP contribution in [0.5, 0.6) is 0 Å². The van der Waals surface area contributed by atoms with Crippen LogP contribution in [0.2, 0.25) is 0 Å². The molecule has 4 aromatic rings. The van der Waals surface area contributed by atoms with Crippen LogP contribution in [0.25, 0.3) is 21.5 Å². The molecule has 0 saturated heterocycles. The molecule has 0 aliphatic carbocycles. The predicted octanol–water partition coefficient (Wildman–Crippen LogP) is 8.58. The number of phosphoric acid groups is 1. The third-order valence-electron chi connectivity index (χ3n) is 14.0. The van der Waals surface area contributed by atoms with Crippen molar-refractivity contribution in [2.45, 2.75) is 77.7 Å². The van der Waals surface area contributed by atoms with E-state index in [0.717, 1.165) is 49.9 Å². The zero-order chi connectivity index (χ0) is 71.9. The van der Waals surface area contributed by atoms with Gasteiger partial charge < -0.3 is 24.6 Å². The SMILES string of the molecule is CC#CC#CC#CC#CC#CC#CC#CC#CC(=O)OCC(COP(=O)(O)OCCNC(=O)CCN1/C(=C/C=C/C=C/C=C/C2=[N+](CCCCS(=O)(=O)O)c3ccc4ccccc4c3C2(C)C)C(C)(C)c2c1ccc1ccccc21)OC(=O)C#CC#CC#CC#CC#CC#CC#CC#CC. The summed E-state index contributed by atoms with van der Waals surface area (Å²) in [5, 5.41) is 7.15. The van der Waals surface area contributed by atoms with Crippen molar-refractivity contribution in [1.29, 1.82) is 0 Å². The maximum absolute atomic E-state index is 13.5. The molecule has 17 heteroatoms. The standard InChI is InChI=1S/C83H60N3O12PS/c1-7-9-11-13-15-17-19-21-23-25-27-29-31-36-40-54-78(88)95-66-70(98-79(89)55-41-37-32-30-28-26-24-22-20-18-16-14-12-10-8-2)67-97-99(90,91)96-64-61-84-77(87)60-63-86-74-59-57-69-49-43-45-51-72(69)81(74)83(5,6)76(86)53-39-35-33-34-38-52-75-82(3,4)80-71-50-44-42-48-68(71)56-58-73(80)85(75)62-46-47-65-100(92,93)94/h33-35,38-39,42-45,48-53,56-59,70H,46-47,60-67H2,1-6H3,(H2-,84,87,90,91,92,93,94)/p+1. The molecule has 2 unspecified atom stereocenters. The van der Waals surface area contributed by atoms with Crippen molar-refractivity contribution in [3.63, 3.8) is 0 Å². The lowest BCUT2D eigenvalue weighted by molar-refractivity contribution is -0.438. The first-order chi connectivity index (χ1) is 48.3. The van der Waals surface area contributed by atoms with Crippen LogP contribution in [-0.2, 0) is 58.4 Å². The van der Waals surface area contributed by atoms with Crippen LogP contribution in [0, 0.1) is 189 Å². The first-order valence-electron chi connectivity index (χ1n) is 30.5. The van der Waals surface area contributed by atoms with Crippen molar-refractivity contribution < 1.29 is 59.9 Å². The fourth-order valence-electron chi connectivity index (χ4n) is 10.0. The van der Waals surface area contributed by atoms with Gasteiger partial charge in [0.05, 0.1) is 24.4 Å². The minimum absolute atomic E-state index is 0.0245. The number of unbranched alkanes of at least 4 members (excludes halogenated alkanes) is 1. The maximum Gasteiger partial charge on any atom is 0.472 e. The van der Waals surface area contributed by atoms with E-state index in [2.05, 4.69) is 287 Å². The van der Waals surface area contributed by atoms with Gasteiger partial charge in [-0.15, -0.1) is 0 Å². The highest BCUT2D eigenvalue weighted by Gasteiger charge is 2.45. The molecule has 100 heavy (non-hydrogen) atoms. The quantitative estimate of drug-likeness (QED) is 0.00990. The predicted molar refractivity (Wildman–Crippen MR) is 388 cm³/mol. The summed E-state index contributed by atoms with van der Waals surface area (Å²) < 4.78 is 68.4. The number of phosphoric ester groups is 1. The first-order valence-corrected chi connectivity index (χ1v) is 33.6. The molecule has 4 aromatic carbocycles. The maximum atomic E-state index is 13.5. The van der Waals surface area contributed by atoms with Gasteiger partial charge in [-0.3, -0.25) is 18.4 Å². The molecule has 0 spiro atoms. The van der Waals surface area contributed by atoms with Crippen LogP contribution in [-0.4, -0.2) is 97.3 Å². The van der Waals surface area contributed by atoms with E-state index in [0.29, 0.717) is 19.4 Å². The summed E-state index contributed by atoms with van der Waals surface area (Å²) in [5.41, 5.74) is 5.42. The normalized spacial score (nSPS) is 13.1. The van der Waals surface area contributed by atoms with Crippen LogP contribution in [0.4, 0.5) is 11.4 Å². The van der Waals surface area contributed by atoms with E-state index in [4.69, 9.17) is 18.5 Å². The molecule has 0 bridgehead atoms. The average molecular weight is 1360 g/mol. The third-order valence-corrected chi connectivity index (χ3v) is 15.8. The molecule has 2 heterocycles. The molecule has 0 radical (unpaired) electrons. The van der Waals surface area contributed by atoms with Crippen LogP contribution in [0.1, 0.15) is 71.9 Å². The highest BCUT2D eigenvalue weighted by molar-refractivity contribution is 7.85. The summed E-state index contributed by atoms with van der Waals surface area (Å²) in [4.78, 5) is 51.5. The average Bonchev–Trinajstić information content (AvgIpc) is 1.58. The number of anilines is 1. The number of ether oxygens (including phenoxy) is 2. The second-order valence-corrected chi connectivity index (χ2v) is 24.6. The molecule has 3 N–H and O–H groups in total. The van der Waals surface area contributed by atoms with E-state index < -0.39 is 61.2 Å². The zero-order valence-electron chi connectivity index (χ0n) is 55.3. The number of hydrogen-bond acceptors (Lipinski definition) is 11. The fourth-order valence-corrected chi connectivity index (χ4v) is 11.3. The number of nitrogens with zero attached hydrogens (tertiary/aromatic N) is 2. The van der Waals surface area contributed by atoms with E-state index in [1.165, 1.54) is 5.56 Å². The second-order valence-electron chi connectivity index (χ2n) is 21.5. The van der Waals surface area contributed by atoms with E-state index in [9.17, 15) is 36.8 Å². The molecule has 2 atom stereocenters. The van der Waals surface area contributed by atoms with Gasteiger partial charge in [0.2, 0.25) is 11.6 Å². The Bertz CT molecular complexity index is 5380. The number of carbonyl (C=O) groups excluding carboxylic acids is 3. The molecular weight excluding hydrogens is 1290 g/mol. The van der Waals surface area contributed by atoms with Crippen molar-refractivity contribution in [3.8, 4) is 189 Å². The Kier molecular flexibility index (Phi) is 30.4. The van der Waals surface area contributed by atoms with E-state index in [1.807, 2.05) is 60.7 Å². The molecule has 15 nitrogen and oxygen atoms in total. The summed E-state index contributed by atoms with van der Waals surface area (Å²) in [7, 11) is -8.99. The summed E-state index contributed by atoms with van der Waals surface area (Å²) in [5.74, 6) is 74.7. The Labute approximate surface area is 585 Å². The summed E-state index contributed by atoms with van der Waals surface area (Å²) in [6.45, 7) is 10.6. The lowest BCUT2D eigenvalue weighted by Crippen LogP contribution is -2.33. The van der Waals surface area contributed by atoms with Gasteiger partial charge in [-0.05, 0) is 245 Å². The Morgan fingerprint density at radius 1 is 0.590 bits per heavy atom. The van der Waals surface area contributed by atoms with E-state index in [1.54, 1.807) is 13.8 Å². The minimum atomic E-state index is -4.91. The molecular formula is C83H61N3O12PS+. The number of nitrogens with one attached hydrogen (secondary N) is 1. The van der Waals surface area contributed by atoms with Gasteiger partial charge >= 0.3 is 19.8 Å².